The molecule has 0 spiro atoms. The molecule has 0 saturated heterocycles. The highest BCUT2D eigenvalue weighted by molar-refractivity contribution is 5.46. The van der Waals surface area contributed by atoms with E-state index in [4.69, 9.17) is 9.47 Å². The normalized spacial score (nSPS) is 16.9. The summed E-state index contributed by atoms with van der Waals surface area (Å²) in [6.45, 7) is 1.96. The Balaban J connectivity index is 1.81. The highest BCUT2D eigenvalue weighted by Gasteiger charge is 2.11. The molecule has 3 heteroatoms. The standard InChI is InChI=1S/C17H27NO2/c1-19-11-12-20-14-15-7-6-10-17(13-15)18-16-8-4-2-3-5-9-16/h6-7,10,13,16,18H,2-5,8-9,11-12,14H2,1H3. The number of rotatable bonds is 7. The van der Waals surface area contributed by atoms with Gasteiger partial charge in [0.25, 0.3) is 0 Å². The zero-order chi connectivity index (χ0) is 14.0. The maximum Gasteiger partial charge on any atom is 0.0718 e. The Morgan fingerprint density at radius 3 is 2.65 bits per heavy atom. The molecular formula is C17H27NO2. The molecule has 0 aromatic heterocycles. The average molecular weight is 277 g/mol. The molecule has 0 unspecified atom stereocenters. The molecular weight excluding hydrogens is 250 g/mol. The molecule has 1 aliphatic rings. The minimum absolute atomic E-state index is 0.641. The van der Waals surface area contributed by atoms with Crippen LogP contribution in [-0.2, 0) is 16.1 Å². The Bertz CT molecular complexity index is 373. The number of benzene rings is 1. The lowest BCUT2D eigenvalue weighted by molar-refractivity contribution is 0.0617. The molecule has 2 rings (SSSR count). The first-order chi connectivity index (χ1) is 9.88. The summed E-state index contributed by atoms with van der Waals surface area (Å²) in [6, 6.07) is 9.22. The minimum Gasteiger partial charge on any atom is -0.382 e. The third kappa shape index (κ3) is 5.51. The van der Waals surface area contributed by atoms with Crippen molar-refractivity contribution in [1.82, 2.24) is 0 Å². The van der Waals surface area contributed by atoms with Gasteiger partial charge in [0.1, 0.15) is 0 Å². The van der Waals surface area contributed by atoms with Gasteiger partial charge in [0, 0.05) is 18.8 Å². The van der Waals surface area contributed by atoms with Gasteiger partial charge in [-0.25, -0.2) is 0 Å². The summed E-state index contributed by atoms with van der Waals surface area (Å²) < 4.78 is 10.6. The molecule has 20 heavy (non-hydrogen) atoms. The number of nitrogens with one attached hydrogen (secondary N) is 1. The first kappa shape index (κ1) is 15.3. The Morgan fingerprint density at radius 1 is 1.10 bits per heavy atom. The van der Waals surface area contributed by atoms with E-state index in [-0.39, 0.29) is 0 Å². The molecule has 1 saturated carbocycles. The van der Waals surface area contributed by atoms with Gasteiger partial charge in [0.05, 0.1) is 19.8 Å². The van der Waals surface area contributed by atoms with Gasteiger partial charge < -0.3 is 14.8 Å². The van der Waals surface area contributed by atoms with Crippen LogP contribution in [0.5, 0.6) is 0 Å². The molecule has 0 radical (unpaired) electrons. The predicted molar refractivity (Wildman–Crippen MR) is 83.1 cm³/mol. The smallest absolute Gasteiger partial charge is 0.0718 e. The van der Waals surface area contributed by atoms with Crippen molar-refractivity contribution in [1.29, 1.82) is 0 Å². The van der Waals surface area contributed by atoms with Crippen LogP contribution in [0.3, 0.4) is 0 Å². The first-order valence-corrected chi connectivity index (χ1v) is 7.80. The number of hydrogen-bond donors (Lipinski definition) is 1. The molecule has 0 aliphatic heterocycles. The van der Waals surface area contributed by atoms with Crippen molar-refractivity contribution in [2.45, 2.75) is 51.2 Å². The molecule has 0 amide bonds. The fourth-order valence-corrected chi connectivity index (χ4v) is 2.74. The largest absolute Gasteiger partial charge is 0.382 e. The maximum absolute atomic E-state index is 5.57. The molecule has 0 atom stereocenters. The minimum atomic E-state index is 0.641. The maximum atomic E-state index is 5.57. The lowest BCUT2D eigenvalue weighted by Gasteiger charge is -2.18. The topological polar surface area (TPSA) is 30.5 Å². The van der Waals surface area contributed by atoms with Crippen molar-refractivity contribution < 1.29 is 9.47 Å². The third-order valence-electron chi connectivity index (χ3n) is 3.85. The van der Waals surface area contributed by atoms with Crippen LogP contribution in [0.4, 0.5) is 5.69 Å². The van der Waals surface area contributed by atoms with Crippen LogP contribution < -0.4 is 5.32 Å². The Kier molecular flexibility index (Phi) is 6.89. The van der Waals surface area contributed by atoms with E-state index in [1.165, 1.54) is 49.8 Å². The van der Waals surface area contributed by atoms with E-state index in [0.29, 0.717) is 25.9 Å². The van der Waals surface area contributed by atoms with Crippen molar-refractivity contribution in [2.24, 2.45) is 0 Å². The van der Waals surface area contributed by atoms with Gasteiger partial charge in [-0.2, -0.15) is 0 Å². The van der Waals surface area contributed by atoms with E-state index in [9.17, 15) is 0 Å². The van der Waals surface area contributed by atoms with Crippen LogP contribution in [0.25, 0.3) is 0 Å². The highest BCUT2D eigenvalue weighted by Crippen LogP contribution is 2.21. The van der Waals surface area contributed by atoms with E-state index >= 15 is 0 Å². The van der Waals surface area contributed by atoms with Gasteiger partial charge in [0.15, 0.2) is 0 Å². The number of anilines is 1. The molecule has 1 N–H and O–H groups in total. The second kappa shape index (κ2) is 8.98. The SMILES string of the molecule is COCCOCc1cccc(NC2CCCCCC2)c1. The summed E-state index contributed by atoms with van der Waals surface area (Å²) in [7, 11) is 1.70. The molecule has 3 nitrogen and oxygen atoms in total. The van der Waals surface area contributed by atoms with Crippen molar-refractivity contribution in [3.63, 3.8) is 0 Å². The van der Waals surface area contributed by atoms with Crippen molar-refractivity contribution in [2.75, 3.05) is 25.6 Å². The molecule has 0 bridgehead atoms. The molecule has 112 valence electrons. The van der Waals surface area contributed by atoms with E-state index in [2.05, 4.69) is 29.6 Å². The second-order valence-corrected chi connectivity index (χ2v) is 5.58. The highest BCUT2D eigenvalue weighted by atomic mass is 16.5. The second-order valence-electron chi connectivity index (χ2n) is 5.58. The van der Waals surface area contributed by atoms with Gasteiger partial charge in [-0.05, 0) is 30.5 Å². The van der Waals surface area contributed by atoms with Gasteiger partial charge in [0.2, 0.25) is 0 Å². The van der Waals surface area contributed by atoms with Gasteiger partial charge in [-0.15, -0.1) is 0 Å². The third-order valence-corrected chi connectivity index (χ3v) is 3.85. The van der Waals surface area contributed by atoms with Crippen LogP contribution in [-0.4, -0.2) is 26.4 Å². The zero-order valence-electron chi connectivity index (χ0n) is 12.6. The number of methoxy groups -OCH3 is 1. The molecule has 0 heterocycles. The lowest BCUT2D eigenvalue weighted by Crippen LogP contribution is -2.18. The summed E-state index contributed by atoms with van der Waals surface area (Å²) in [5, 5.41) is 3.68. The van der Waals surface area contributed by atoms with E-state index in [1.54, 1.807) is 7.11 Å². The van der Waals surface area contributed by atoms with Crippen LogP contribution in [0.15, 0.2) is 24.3 Å². The Hall–Kier alpha value is -1.06. The summed E-state index contributed by atoms with van der Waals surface area (Å²) in [6.07, 6.45) is 8.11. The average Bonchev–Trinajstić information content (AvgIpc) is 2.73. The quantitative estimate of drug-likeness (QED) is 0.604. The van der Waals surface area contributed by atoms with Crippen molar-refractivity contribution in [3.8, 4) is 0 Å². The summed E-state index contributed by atoms with van der Waals surface area (Å²) in [4.78, 5) is 0. The number of hydrogen-bond acceptors (Lipinski definition) is 3. The Labute approximate surface area is 122 Å². The number of ether oxygens (including phenoxy) is 2. The van der Waals surface area contributed by atoms with Crippen LogP contribution in [0, 0.1) is 0 Å². The van der Waals surface area contributed by atoms with Gasteiger partial charge in [-0.3, -0.25) is 0 Å². The summed E-state index contributed by atoms with van der Waals surface area (Å²) >= 11 is 0. The predicted octanol–water partition coefficient (Wildman–Crippen LogP) is 3.98. The lowest BCUT2D eigenvalue weighted by atomic mass is 10.1. The van der Waals surface area contributed by atoms with Gasteiger partial charge in [-0.1, -0.05) is 37.8 Å². The van der Waals surface area contributed by atoms with E-state index in [0.717, 1.165) is 0 Å². The van der Waals surface area contributed by atoms with Gasteiger partial charge >= 0.3 is 0 Å². The van der Waals surface area contributed by atoms with Crippen LogP contribution in [0.2, 0.25) is 0 Å². The van der Waals surface area contributed by atoms with E-state index in [1.807, 2.05) is 0 Å². The molecule has 1 aromatic carbocycles. The van der Waals surface area contributed by atoms with Crippen LogP contribution >= 0.6 is 0 Å². The molecule has 1 aliphatic carbocycles. The monoisotopic (exact) mass is 277 g/mol. The first-order valence-electron chi connectivity index (χ1n) is 7.80. The fraction of sp³-hybridized carbons (Fsp3) is 0.647. The summed E-state index contributed by atoms with van der Waals surface area (Å²) in [5.74, 6) is 0. The van der Waals surface area contributed by atoms with E-state index < -0.39 is 0 Å². The fourth-order valence-electron chi connectivity index (χ4n) is 2.74. The van der Waals surface area contributed by atoms with Crippen LogP contribution in [0.1, 0.15) is 44.1 Å². The molecule has 1 fully saturated rings. The Morgan fingerprint density at radius 2 is 1.90 bits per heavy atom. The summed E-state index contributed by atoms with van der Waals surface area (Å²) in [5.41, 5.74) is 2.45. The van der Waals surface area contributed by atoms with Crippen molar-refractivity contribution >= 4 is 5.69 Å². The molecule has 1 aromatic rings. The van der Waals surface area contributed by atoms with Crippen molar-refractivity contribution in [3.05, 3.63) is 29.8 Å². The zero-order valence-corrected chi connectivity index (χ0v) is 12.6.